The van der Waals surface area contributed by atoms with E-state index in [9.17, 15) is 0 Å². The van der Waals surface area contributed by atoms with E-state index in [2.05, 4.69) is 23.2 Å². The van der Waals surface area contributed by atoms with Gasteiger partial charge in [-0.15, -0.1) is 0 Å². The van der Waals surface area contributed by atoms with Crippen LogP contribution in [-0.2, 0) is 0 Å². The first-order chi connectivity index (χ1) is 4.74. The molecule has 10 heavy (non-hydrogen) atoms. The highest BCUT2D eigenvalue weighted by atomic mass is 15.1. The van der Waals surface area contributed by atoms with Gasteiger partial charge in [0.1, 0.15) is 6.04 Å². The van der Waals surface area contributed by atoms with Gasteiger partial charge in [0.2, 0.25) is 0 Å². The lowest BCUT2D eigenvalue weighted by Gasteiger charge is -2.16. The van der Waals surface area contributed by atoms with Crippen LogP contribution in [0.4, 0.5) is 0 Å². The summed E-state index contributed by atoms with van der Waals surface area (Å²) in [6.45, 7) is 3.85. The van der Waals surface area contributed by atoms with Crippen LogP contribution in [0.1, 0.15) is 6.92 Å². The van der Waals surface area contributed by atoms with Crippen LogP contribution in [0, 0.1) is 11.3 Å². The minimum absolute atomic E-state index is 0.0371. The number of hydrogen-bond acceptors (Lipinski definition) is 3. The number of hydrogen-bond donors (Lipinski definition) is 1. The summed E-state index contributed by atoms with van der Waals surface area (Å²) in [5.74, 6) is 0. The molecule has 3 nitrogen and oxygen atoms in total. The van der Waals surface area contributed by atoms with Crippen LogP contribution in [0.2, 0.25) is 0 Å². The molecular weight excluding hydrogens is 126 g/mol. The average molecular weight is 141 g/mol. The van der Waals surface area contributed by atoms with Crippen molar-refractivity contribution >= 4 is 0 Å². The van der Waals surface area contributed by atoms with Gasteiger partial charge in [0, 0.05) is 6.54 Å². The summed E-state index contributed by atoms with van der Waals surface area (Å²) in [5, 5.41) is 11.4. The molecule has 0 amide bonds. The van der Waals surface area contributed by atoms with Gasteiger partial charge in [-0.25, -0.2) is 0 Å². The summed E-state index contributed by atoms with van der Waals surface area (Å²) < 4.78 is 0. The predicted molar refractivity (Wildman–Crippen MR) is 41.6 cm³/mol. The molecule has 1 N–H and O–H groups in total. The zero-order valence-electron chi connectivity index (χ0n) is 6.89. The van der Waals surface area contributed by atoms with E-state index in [0.29, 0.717) is 0 Å². The Bertz CT molecular complexity index is 117. The molecule has 1 atom stereocenters. The minimum atomic E-state index is -0.0371. The Morgan fingerprint density at radius 3 is 2.60 bits per heavy atom. The fraction of sp³-hybridized carbons (Fsp3) is 0.857. The van der Waals surface area contributed by atoms with Gasteiger partial charge in [0.15, 0.2) is 0 Å². The van der Waals surface area contributed by atoms with E-state index in [1.807, 2.05) is 7.05 Å². The lowest BCUT2D eigenvalue weighted by atomic mass is 10.3. The largest absolute Gasteiger partial charge is 0.304 e. The van der Waals surface area contributed by atoms with Crippen LogP contribution in [0.5, 0.6) is 0 Å². The van der Waals surface area contributed by atoms with Crippen molar-refractivity contribution in [2.24, 2.45) is 0 Å². The van der Waals surface area contributed by atoms with E-state index in [1.54, 1.807) is 7.05 Å². The lowest BCUT2D eigenvalue weighted by Crippen LogP contribution is -2.36. The maximum absolute atomic E-state index is 8.53. The first kappa shape index (κ1) is 9.41. The van der Waals surface area contributed by atoms with Crippen LogP contribution in [0.15, 0.2) is 0 Å². The van der Waals surface area contributed by atoms with Crippen LogP contribution in [0.3, 0.4) is 0 Å². The van der Waals surface area contributed by atoms with Crippen molar-refractivity contribution in [3.8, 4) is 6.07 Å². The fourth-order valence-electron chi connectivity index (χ4n) is 0.637. The summed E-state index contributed by atoms with van der Waals surface area (Å²) in [6.07, 6.45) is 0. The number of nitrogens with one attached hydrogen (secondary N) is 1. The highest BCUT2D eigenvalue weighted by Gasteiger charge is 2.04. The van der Waals surface area contributed by atoms with Crippen LogP contribution >= 0.6 is 0 Å². The molecule has 0 heterocycles. The first-order valence-electron chi connectivity index (χ1n) is 3.50. The summed E-state index contributed by atoms with van der Waals surface area (Å²) >= 11 is 0. The quantitative estimate of drug-likeness (QED) is 0.601. The van der Waals surface area contributed by atoms with E-state index in [1.165, 1.54) is 0 Å². The highest BCUT2D eigenvalue weighted by Crippen LogP contribution is 1.85. The van der Waals surface area contributed by atoms with E-state index < -0.39 is 0 Å². The summed E-state index contributed by atoms with van der Waals surface area (Å²) in [7, 11) is 3.80. The summed E-state index contributed by atoms with van der Waals surface area (Å²) in [5.41, 5.74) is 0. The molecule has 0 aliphatic carbocycles. The van der Waals surface area contributed by atoms with Gasteiger partial charge in [-0.05, 0) is 20.6 Å². The molecule has 0 radical (unpaired) electrons. The van der Waals surface area contributed by atoms with Crippen LogP contribution in [-0.4, -0.2) is 38.1 Å². The van der Waals surface area contributed by atoms with Crippen LogP contribution < -0.4 is 5.32 Å². The molecule has 0 bridgehead atoms. The van der Waals surface area contributed by atoms with Crippen molar-refractivity contribution in [2.45, 2.75) is 13.0 Å². The third kappa shape index (κ3) is 3.44. The van der Waals surface area contributed by atoms with Gasteiger partial charge in [0.05, 0.1) is 6.07 Å². The molecule has 58 valence electrons. The standard InChI is InChI=1S/C7H15N3/c1-4-10(3)6-7(5-8)9-2/h7,9H,4,6H2,1-3H3. The summed E-state index contributed by atoms with van der Waals surface area (Å²) in [6, 6.07) is 2.13. The molecule has 0 rings (SSSR count). The van der Waals surface area contributed by atoms with Gasteiger partial charge in [-0.1, -0.05) is 6.92 Å². The zero-order valence-corrected chi connectivity index (χ0v) is 6.89. The monoisotopic (exact) mass is 141 g/mol. The Morgan fingerprint density at radius 1 is 1.70 bits per heavy atom. The second-order valence-corrected chi connectivity index (χ2v) is 2.33. The lowest BCUT2D eigenvalue weighted by molar-refractivity contribution is 0.332. The Balaban J connectivity index is 3.54. The molecule has 0 fully saturated rings. The molecule has 0 aromatic carbocycles. The third-order valence-corrected chi connectivity index (χ3v) is 1.54. The smallest absolute Gasteiger partial charge is 0.108 e. The molecular formula is C7H15N3. The minimum Gasteiger partial charge on any atom is -0.304 e. The number of likely N-dealkylation sites (N-methyl/N-ethyl adjacent to an activating group) is 2. The Morgan fingerprint density at radius 2 is 2.30 bits per heavy atom. The average Bonchev–Trinajstić information content (AvgIpc) is 1.99. The molecule has 0 aliphatic rings. The zero-order chi connectivity index (χ0) is 7.98. The van der Waals surface area contributed by atoms with Crippen molar-refractivity contribution in [3.05, 3.63) is 0 Å². The van der Waals surface area contributed by atoms with E-state index in [-0.39, 0.29) is 6.04 Å². The van der Waals surface area contributed by atoms with Crippen molar-refractivity contribution in [1.82, 2.24) is 10.2 Å². The third-order valence-electron chi connectivity index (χ3n) is 1.54. The van der Waals surface area contributed by atoms with Crippen molar-refractivity contribution in [3.63, 3.8) is 0 Å². The predicted octanol–water partition coefficient (Wildman–Crippen LogP) is 0.0497. The van der Waals surface area contributed by atoms with E-state index in [4.69, 9.17) is 5.26 Å². The first-order valence-corrected chi connectivity index (χ1v) is 3.50. The molecule has 1 unspecified atom stereocenters. The van der Waals surface area contributed by atoms with Crippen molar-refractivity contribution < 1.29 is 0 Å². The van der Waals surface area contributed by atoms with E-state index in [0.717, 1.165) is 13.1 Å². The molecule has 0 saturated heterocycles. The normalized spacial score (nSPS) is 13.1. The van der Waals surface area contributed by atoms with Crippen molar-refractivity contribution in [2.75, 3.05) is 27.2 Å². The second-order valence-electron chi connectivity index (χ2n) is 2.33. The second kappa shape index (κ2) is 5.21. The number of rotatable bonds is 4. The highest BCUT2D eigenvalue weighted by molar-refractivity contribution is 4.90. The van der Waals surface area contributed by atoms with Gasteiger partial charge in [0.25, 0.3) is 0 Å². The molecule has 0 saturated carbocycles. The van der Waals surface area contributed by atoms with E-state index >= 15 is 0 Å². The topological polar surface area (TPSA) is 39.1 Å². The SMILES string of the molecule is CCN(C)CC(C#N)NC. The fourth-order valence-corrected chi connectivity index (χ4v) is 0.637. The molecule has 3 heteroatoms. The number of nitriles is 1. The van der Waals surface area contributed by atoms with Crippen molar-refractivity contribution in [1.29, 1.82) is 5.26 Å². The van der Waals surface area contributed by atoms with Gasteiger partial charge in [-0.2, -0.15) is 5.26 Å². The summed E-state index contributed by atoms with van der Waals surface area (Å²) in [4.78, 5) is 2.10. The van der Waals surface area contributed by atoms with Gasteiger partial charge >= 0.3 is 0 Å². The van der Waals surface area contributed by atoms with Gasteiger partial charge < -0.3 is 10.2 Å². The Labute approximate surface area is 62.6 Å². The Kier molecular flexibility index (Phi) is 4.91. The molecule has 0 spiro atoms. The van der Waals surface area contributed by atoms with Crippen LogP contribution in [0.25, 0.3) is 0 Å². The molecule has 0 aromatic heterocycles. The maximum atomic E-state index is 8.53. The maximum Gasteiger partial charge on any atom is 0.108 e. The molecule has 0 aromatic rings. The molecule has 0 aliphatic heterocycles. The Hall–Kier alpha value is -0.590. The van der Waals surface area contributed by atoms with Gasteiger partial charge in [-0.3, -0.25) is 0 Å². The number of nitrogens with zero attached hydrogens (tertiary/aromatic N) is 2.